The highest BCUT2D eigenvalue weighted by Gasteiger charge is 2.16. The topological polar surface area (TPSA) is 75.0 Å². The highest BCUT2D eigenvalue weighted by Crippen LogP contribution is 2.30. The zero-order valence-corrected chi connectivity index (χ0v) is 10.8. The van der Waals surface area contributed by atoms with Crippen molar-refractivity contribution in [2.24, 2.45) is 0 Å². The smallest absolute Gasteiger partial charge is 0.350 e. The molecule has 1 aliphatic carbocycles. The lowest BCUT2D eigenvalue weighted by atomic mass is 10.3. The fraction of sp³-hybridized carbons (Fsp3) is 0.417. The van der Waals surface area contributed by atoms with Gasteiger partial charge in [0.15, 0.2) is 10.7 Å². The van der Waals surface area contributed by atoms with Crippen molar-refractivity contribution < 1.29 is 9.53 Å². The average Bonchev–Trinajstić information content (AvgIpc) is 2.90. The van der Waals surface area contributed by atoms with Crippen molar-refractivity contribution in [3.8, 4) is 6.07 Å². The summed E-state index contributed by atoms with van der Waals surface area (Å²) < 4.78 is 4.76. The molecule has 1 aromatic rings. The van der Waals surface area contributed by atoms with Gasteiger partial charge < -0.3 is 10.1 Å². The molecule has 0 aromatic carbocycles. The van der Waals surface area contributed by atoms with E-state index in [4.69, 9.17) is 10.00 Å². The summed E-state index contributed by atoms with van der Waals surface area (Å²) in [6, 6.07) is 1.81. The minimum absolute atomic E-state index is 0.0489. The van der Waals surface area contributed by atoms with E-state index in [1.807, 2.05) is 6.07 Å². The summed E-state index contributed by atoms with van der Waals surface area (Å²) in [7, 11) is 0. The van der Waals surface area contributed by atoms with E-state index in [9.17, 15) is 4.79 Å². The molecule has 6 heteroatoms. The van der Waals surface area contributed by atoms with Crippen LogP contribution in [0, 0.1) is 11.3 Å². The Labute approximate surface area is 109 Å². The third kappa shape index (κ3) is 2.68. The van der Waals surface area contributed by atoms with Crippen LogP contribution in [0.25, 0.3) is 0 Å². The van der Waals surface area contributed by atoms with Crippen LogP contribution in [0.3, 0.4) is 0 Å². The van der Waals surface area contributed by atoms with E-state index in [1.54, 1.807) is 18.3 Å². The van der Waals surface area contributed by atoms with Crippen molar-refractivity contribution in [1.82, 2.24) is 4.98 Å². The number of aromatic nitrogens is 1. The molecule has 0 saturated heterocycles. The molecule has 1 heterocycles. The Morgan fingerprint density at radius 2 is 2.50 bits per heavy atom. The van der Waals surface area contributed by atoms with Crippen molar-refractivity contribution in [2.45, 2.75) is 26.2 Å². The summed E-state index contributed by atoms with van der Waals surface area (Å²) >= 11 is 1.57. The number of fused-ring (bicyclic) bond motifs is 1. The number of nitrogens with zero attached hydrogens (tertiary/aromatic N) is 2. The first kappa shape index (κ1) is 12.6. The summed E-state index contributed by atoms with van der Waals surface area (Å²) in [5.74, 6) is -0.614. The molecule has 1 aliphatic rings. The summed E-state index contributed by atoms with van der Waals surface area (Å²) in [4.78, 5) is 17.1. The lowest BCUT2D eigenvalue weighted by Gasteiger charge is -1.99. The van der Waals surface area contributed by atoms with E-state index in [0.717, 1.165) is 30.1 Å². The van der Waals surface area contributed by atoms with Gasteiger partial charge in [0.1, 0.15) is 6.07 Å². The molecular weight excluding hydrogens is 250 g/mol. The summed E-state index contributed by atoms with van der Waals surface area (Å²) in [5, 5.41) is 12.4. The second kappa shape index (κ2) is 5.65. The van der Waals surface area contributed by atoms with Gasteiger partial charge in [0, 0.05) is 11.1 Å². The molecule has 94 valence electrons. The van der Waals surface area contributed by atoms with Crippen LogP contribution in [0.2, 0.25) is 0 Å². The number of carbonyl (C=O) groups is 1. The summed E-state index contributed by atoms with van der Waals surface area (Å²) in [6.07, 6.45) is 4.60. The van der Waals surface area contributed by atoms with E-state index in [1.165, 1.54) is 11.1 Å². The van der Waals surface area contributed by atoms with Gasteiger partial charge >= 0.3 is 5.97 Å². The van der Waals surface area contributed by atoms with Crippen molar-refractivity contribution in [2.75, 3.05) is 11.9 Å². The van der Waals surface area contributed by atoms with Crippen molar-refractivity contribution in [3.05, 3.63) is 22.3 Å². The maximum atomic E-state index is 11.4. The second-order valence-corrected chi connectivity index (χ2v) is 4.86. The Hall–Kier alpha value is -1.87. The Balaban J connectivity index is 2.04. The number of hydrogen-bond acceptors (Lipinski definition) is 6. The van der Waals surface area contributed by atoms with Crippen molar-refractivity contribution in [1.29, 1.82) is 5.26 Å². The van der Waals surface area contributed by atoms with E-state index in [-0.39, 0.29) is 12.2 Å². The minimum atomic E-state index is -0.614. The van der Waals surface area contributed by atoms with E-state index >= 15 is 0 Å². The molecule has 0 saturated carbocycles. The molecule has 0 spiro atoms. The van der Waals surface area contributed by atoms with Crippen LogP contribution in [-0.2, 0) is 22.4 Å². The largest absolute Gasteiger partial charge is 0.462 e. The number of ether oxygens (including phenoxy) is 1. The van der Waals surface area contributed by atoms with Crippen LogP contribution in [0.4, 0.5) is 5.13 Å². The van der Waals surface area contributed by atoms with Gasteiger partial charge in [0.05, 0.1) is 12.3 Å². The molecule has 0 unspecified atom stereocenters. The molecule has 1 N–H and O–H groups in total. The highest BCUT2D eigenvalue weighted by atomic mass is 32.1. The number of hydrogen-bond donors (Lipinski definition) is 1. The van der Waals surface area contributed by atoms with Gasteiger partial charge in [-0.25, -0.2) is 9.78 Å². The maximum Gasteiger partial charge on any atom is 0.350 e. The molecule has 0 bridgehead atoms. The number of nitriles is 1. The van der Waals surface area contributed by atoms with Gasteiger partial charge in [-0.15, -0.1) is 11.3 Å². The third-order valence-electron chi connectivity index (χ3n) is 2.55. The number of esters is 1. The Kier molecular flexibility index (Phi) is 3.95. The van der Waals surface area contributed by atoms with Crippen LogP contribution < -0.4 is 5.32 Å². The first-order valence-electron chi connectivity index (χ1n) is 5.77. The molecule has 5 nitrogen and oxygen atoms in total. The number of anilines is 1. The molecule has 0 amide bonds. The third-order valence-corrected chi connectivity index (χ3v) is 3.64. The number of aryl methyl sites for hydroxylation is 2. The molecule has 0 atom stereocenters. The predicted molar refractivity (Wildman–Crippen MR) is 68.1 cm³/mol. The zero-order valence-electron chi connectivity index (χ0n) is 10.0. The number of carbonyl (C=O) groups excluding carboxylic acids is 1. The average molecular weight is 263 g/mol. The Morgan fingerprint density at radius 3 is 3.17 bits per heavy atom. The number of rotatable bonds is 4. The maximum absolute atomic E-state index is 11.4. The lowest BCUT2D eigenvalue weighted by Crippen LogP contribution is -2.07. The van der Waals surface area contributed by atoms with Crippen LogP contribution in [0.5, 0.6) is 0 Å². The highest BCUT2D eigenvalue weighted by molar-refractivity contribution is 7.15. The second-order valence-electron chi connectivity index (χ2n) is 3.78. The zero-order chi connectivity index (χ0) is 13.0. The Morgan fingerprint density at radius 1 is 1.67 bits per heavy atom. The van der Waals surface area contributed by atoms with E-state index in [2.05, 4.69) is 10.3 Å². The van der Waals surface area contributed by atoms with Crippen LogP contribution >= 0.6 is 11.3 Å². The fourth-order valence-corrected chi connectivity index (χ4v) is 2.75. The first-order valence-corrected chi connectivity index (χ1v) is 6.58. The van der Waals surface area contributed by atoms with Crippen molar-refractivity contribution >= 4 is 22.4 Å². The summed E-state index contributed by atoms with van der Waals surface area (Å²) in [6.45, 7) is 1.95. The van der Waals surface area contributed by atoms with Crippen LogP contribution in [0.15, 0.2) is 11.8 Å². The van der Waals surface area contributed by atoms with Crippen LogP contribution in [-0.4, -0.2) is 17.6 Å². The molecule has 0 fully saturated rings. The SMILES string of the molecule is CCOC(=O)/C(C#N)=C/Nc1nc2c(s1)CCC2. The fourth-order valence-electron chi connectivity index (χ4n) is 1.73. The van der Waals surface area contributed by atoms with E-state index in [0.29, 0.717) is 0 Å². The van der Waals surface area contributed by atoms with Gasteiger partial charge in [0.2, 0.25) is 0 Å². The summed E-state index contributed by atoms with van der Waals surface area (Å²) in [5.41, 5.74) is 1.08. The monoisotopic (exact) mass is 263 g/mol. The molecule has 1 aromatic heterocycles. The van der Waals surface area contributed by atoms with Gasteiger partial charge in [-0.3, -0.25) is 0 Å². The van der Waals surface area contributed by atoms with Gasteiger partial charge in [-0.2, -0.15) is 5.26 Å². The van der Waals surface area contributed by atoms with Crippen molar-refractivity contribution in [3.63, 3.8) is 0 Å². The molecular formula is C12H13N3O2S. The standard InChI is InChI=1S/C12H13N3O2S/c1-2-17-11(16)8(6-13)7-14-12-15-9-4-3-5-10(9)18-12/h7H,2-5H2,1H3,(H,14,15)/b8-7+. The molecule has 0 radical (unpaired) electrons. The van der Waals surface area contributed by atoms with Gasteiger partial charge in [0.25, 0.3) is 0 Å². The number of nitrogens with one attached hydrogen (secondary N) is 1. The number of thiazole rings is 1. The van der Waals surface area contributed by atoms with Crippen LogP contribution in [0.1, 0.15) is 23.9 Å². The molecule has 0 aliphatic heterocycles. The first-order chi connectivity index (χ1) is 8.74. The predicted octanol–water partition coefficient (Wildman–Crippen LogP) is 2.01. The normalized spacial score (nSPS) is 13.9. The van der Waals surface area contributed by atoms with Gasteiger partial charge in [-0.1, -0.05) is 0 Å². The van der Waals surface area contributed by atoms with Gasteiger partial charge in [-0.05, 0) is 26.2 Å². The Bertz CT molecular complexity index is 506. The molecule has 18 heavy (non-hydrogen) atoms. The molecule has 2 rings (SSSR count). The van der Waals surface area contributed by atoms with E-state index < -0.39 is 5.97 Å². The quantitative estimate of drug-likeness (QED) is 0.511. The lowest BCUT2D eigenvalue weighted by molar-refractivity contribution is -0.138. The minimum Gasteiger partial charge on any atom is -0.462 e.